The summed E-state index contributed by atoms with van der Waals surface area (Å²) in [6.45, 7) is 1.98. The average Bonchev–Trinajstić information content (AvgIpc) is 3.75. The Kier molecular flexibility index (Phi) is 7.43. The third kappa shape index (κ3) is 5.98. The van der Waals surface area contributed by atoms with Crippen LogP contribution in [-0.4, -0.2) is 18.5 Å². The van der Waals surface area contributed by atoms with Crippen LogP contribution in [0.1, 0.15) is 60.5 Å². The van der Waals surface area contributed by atoms with E-state index in [1.807, 2.05) is 43.3 Å². The van der Waals surface area contributed by atoms with E-state index in [4.69, 9.17) is 10.2 Å². The molecule has 2 unspecified atom stereocenters. The lowest BCUT2D eigenvalue weighted by Gasteiger charge is -2.20. The molecule has 202 valence electrons. The summed E-state index contributed by atoms with van der Waals surface area (Å²) in [4.78, 5) is 17.1. The molecule has 39 heavy (non-hydrogen) atoms. The molecular weight excluding hydrogens is 514 g/mol. The number of hydrogen-bond donors (Lipinski definition) is 3. The van der Waals surface area contributed by atoms with Gasteiger partial charge in [-0.1, -0.05) is 49.4 Å². The van der Waals surface area contributed by atoms with Crippen LogP contribution in [0.4, 0.5) is 11.4 Å². The van der Waals surface area contributed by atoms with Gasteiger partial charge in [-0.15, -0.1) is 0 Å². The van der Waals surface area contributed by atoms with E-state index in [1.54, 1.807) is 24.3 Å². The molecule has 0 amide bonds. The lowest BCUT2D eigenvalue weighted by Crippen LogP contribution is -2.17. The maximum atomic E-state index is 13.2. The van der Waals surface area contributed by atoms with Crippen molar-refractivity contribution in [2.24, 2.45) is 5.92 Å². The molecule has 4 N–H and O–H groups in total. The van der Waals surface area contributed by atoms with Crippen LogP contribution < -0.4 is 16.1 Å². The summed E-state index contributed by atoms with van der Waals surface area (Å²) < 4.78 is 33.9. The second-order valence-electron chi connectivity index (χ2n) is 10.0. The third-order valence-corrected chi connectivity index (χ3v) is 8.44. The summed E-state index contributed by atoms with van der Waals surface area (Å²) in [7, 11) is -3.89. The van der Waals surface area contributed by atoms with E-state index in [0.717, 1.165) is 24.0 Å². The van der Waals surface area contributed by atoms with Crippen molar-refractivity contribution in [3.8, 4) is 5.75 Å². The number of nitrogens with two attached hydrogens (primary N) is 1. The highest BCUT2D eigenvalue weighted by molar-refractivity contribution is 7.92. The van der Waals surface area contributed by atoms with E-state index < -0.39 is 15.6 Å². The van der Waals surface area contributed by atoms with E-state index >= 15 is 0 Å². The minimum absolute atomic E-state index is 0.0436. The first-order chi connectivity index (χ1) is 18.7. The number of rotatable bonds is 10. The highest BCUT2D eigenvalue weighted by Crippen LogP contribution is 2.47. The molecule has 2 aromatic heterocycles. The van der Waals surface area contributed by atoms with Gasteiger partial charge in [-0.05, 0) is 67.0 Å². The molecule has 9 heteroatoms. The highest BCUT2D eigenvalue weighted by Gasteiger charge is 2.37. The van der Waals surface area contributed by atoms with Crippen LogP contribution in [0.3, 0.4) is 0 Å². The fourth-order valence-electron chi connectivity index (χ4n) is 5.01. The second-order valence-corrected chi connectivity index (χ2v) is 11.6. The molecule has 0 aliphatic heterocycles. The Morgan fingerprint density at radius 2 is 1.85 bits per heavy atom. The van der Waals surface area contributed by atoms with Gasteiger partial charge in [0.05, 0.1) is 17.4 Å². The van der Waals surface area contributed by atoms with Crippen LogP contribution in [0.2, 0.25) is 0 Å². The van der Waals surface area contributed by atoms with Crippen LogP contribution in [0.25, 0.3) is 0 Å². The molecule has 2 aromatic carbocycles. The van der Waals surface area contributed by atoms with E-state index in [1.165, 1.54) is 18.3 Å². The van der Waals surface area contributed by atoms with Crippen molar-refractivity contribution in [3.05, 3.63) is 112 Å². The number of nitrogens with zero attached hydrogens (tertiary/aromatic N) is 1. The van der Waals surface area contributed by atoms with Crippen LogP contribution >= 0.6 is 0 Å². The zero-order valence-electron chi connectivity index (χ0n) is 21.6. The third-order valence-electron chi connectivity index (χ3n) is 7.14. The number of sulfonamides is 1. The number of anilines is 2. The van der Waals surface area contributed by atoms with Crippen molar-refractivity contribution in [1.82, 2.24) is 4.98 Å². The SMILES string of the molecule is CCC(Cc1cccc(NS(=O)(=O)c2ccc(N)cn2)c1)c1cc(O)c(C(c2ccccc2)C2CC2)c(=O)o1. The molecule has 1 fully saturated rings. The molecular formula is C30H31N3O5S. The number of aromatic hydroxyl groups is 1. The number of hydrogen-bond acceptors (Lipinski definition) is 7. The minimum Gasteiger partial charge on any atom is -0.507 e. The standard InChI is InChI=1S/C30H31N3O5S/c1-2-20(15-19-7-6-10-24(16-19)33-39(36,37)27-14-13-23(31)18-32-27)26-17-25(34)29(30(35)38-26)28(22-11-12-22)21-8-4-3-5-9-21/h3-10,13-14,16-18,20,22,28,33-34H,2,11-12,15,31H2,1H3. The van der Waals surface area contributed by atoms with Crippen molar-refractivity contribution in [1.29, 1.82) is 0 Å². The minimum atomic E-state index is -3.89. The van der Waals surface area contributed by atoms with Gasteiger partial charge in [0.25, 0.3) is 10.0 Å². The molecule has 0 saturated heterocycles. The van der Waals surface area contributed by atoms with Gasteiger partial charge < -0.3 is 15.3 Å². The zero-order valence-corrected chi connectivity index (χ0v) is 22.4. The summed E-state index contributed by atoms with van der Waals surface area (Å²) in [5.41, 5.74) is 8.01. The van der Waals surface area contributed by atoms with Gasteiger partial charge in [-0.25, -0.2) is 9.78 Å². The topological polar surface area (TPSA) is 136 Å². The van der Waals surface area contributed by atoms with E-state index in [9.17, 15) is 18.3 Å². The Labute approximate surface area is 227 Å². The summed E-state index contributed by atoms with van der Waals surface area (Å²) in [6.07, 6.45) is 4.44. The molecule has 8 nitrogen and oxygen atoms in total. The van der Waals surface area contributed by atoms with E-state index in [-0.39, 0.29) is 22.6 Å². The summed E-state index contributed by atoms with van der Waals surface area (Å²) in [5, 5.41) is 10.9. The maximum Gasteiger partial charge on any atom is 0.343 e. The summed E-state index contributed by atoms with van der Waals surface area (Å²) in [5.74, 6) is 0.279. The second kappa shape index (κ2) is 10.9. The molecule has 2 heterocycles. The summed E-state index contributed by atoms with van der Waals surface area (Å²) >= 11 is 0. The monoisotopic (exact) mass is 545 g/mol. The highest BCUT2D eigenvalue weighted by atomic mass is 32.2. The number of nitrogens with one attached hydrogen (secondary N) is 1. The fraction of sp³-hybridized carbons (Fsp3) is 0.267. The number of pyridine rings is 1. The first-order valence-electron chi connectivity index (χ1n) is 13.0. The normalized spacial score (nSPS) is 15.0. The van der Waals surface area contributed by atoms with Gasteiger partial charge in [-0.2, -0.15) is 8.42 Å². The Morgan fingerprint density at radius 1 is 1.08 bits per heavy atom. The summed E-state index contributed by atoms with van der Waals surface area (Å²) in [6, 6.07) is 21.2. The van der Waals surface area contributed by atoms with Gasteiger partial charge >= 0.3 is 5.63 Å². The van der Waals surface area contributed by atoms with Crippen LogP contribution in [-0.2, 0) is 16.4 Å². The molecule has 1 saturated carbocycles. The van der Waals surface area contributed by atoms with Gasteiger partial charge in [0, 0.05) is 23.6 Å². The van der Waals surface area contributed by atoms with Crippen molar-refractivity contribution in [3.63, 3.8) is 0 Å². The molecule has 0 radical (unpaired) electrons. The van der Waals surface area contributed by atoms with Gasteiger partial charge in [0.15, 0.2) is 5.03 Å². The van der Waals surface area contributed by atoms with Crippen LogP contribution in [0.15, 0.2) is 93.2 Å². The molecule has 5 rings (SSSR count). The van der Waals surface area contributed by atoms with Gasteiger partial charge in [0.2, 0.25) is 0 Å². The Bertz CT molecular complexity index is 1610. The zero-order chi connectivity index (χ0) is 27.6. The first-order valence-corrected chi connectivity index (χ1v) is 14.5. The van der Waals surface area contributed by atoms with Crippen molar-refractivity contribution in [2.45, 2.75) is 49.5 Å². The van der Waals surface area contributed by atoms with Crippen molar-refractivity contribution < 1.29 is 17.9 Å². The largest absolute Gasteiger partial charge is 0.507 e. The first kappa shape index (κ1) is 26.5. The Balaban J connectivity index is 1.38. The van der Waals surface area contributed by atoms with Crippen molar-refractivity contribution in [2.75, 3.05) is 10.5 Å². The van der Waals surface area contributed by atoms with Gasteiger partial charge in [0.1, 0.15) is 11.5 Å². The molecule has 2 atom stereocenters. The molecule has 1 aliphatic carbocycles. The van der Waals surface area contributed by atoms with Crippen LogP contribution in [0.5, 0.6) is 5.75 Å². The van der Waals surface area contributed by atoms with Crippen molar-refractivity contribution >= 4 is 21.4 Å². The number of benzene rings is 2. The average molecular weight is 546 g/mol. The Hall–Kier alpha value is -4.11. The molecule has 4 aromatic rings. The number of aromatic nitrogens is 1. The molecule has 1 aliphatic rings. The molecule has 0 bridgehead atoms. The quantitative estimate of drug-likeness (QED) is 0.243. The smallest absolute Gasteiger partial charge is 0.343 e. The van der Waals surface area contributed by atoms with Crippen LogP contribution in [0, 0.1) is 5.92 Å². The lowest BCUT2D eigenvalue weighted by molar-refractivity contribution is 0.379. The van der Waals surface area contributed by atoms with E-state index in [2.05, 4.69) is 9.71 Å². The van der Waals surface area contributed by atoms with Gasteiger partial charge in [-0.3, -0.25) is 4.72 Å². The predicted octanol–water partition coefficient (Wildman–Crippen LogP) is 5.40. The predicted molar refractivity (Wildman–Crippen MR) is 150 cm³/mol. The Morgan fingerprint density at radius 3 is 2.49 bits per heavy atom. The molecule has 0 spiro atoms. The lowest BCUT2D eigenvalue weighted by atomic mass is 9.87. The maximum absolute atomic E-state index is 13.2. The van der Waals surface area contributed by atoms with E-state index in [0.29, 0.717) is 41.5 Å². The number of nitrogen functional groups attached to an aromatic ring is 1. The fourth-order valence-corrected chi connectivity index (χ4v) is 5.99.